The predicted molar refractivity (Wildman–Crippen MR) is 68.2 cm³/mol. The quantitative estimate of drug-likeness (QED) is 0.444. The summed E-state index contributed by atoms with van der Waals surface area (Å²) in [5.41, 5.74) is 6.34. The Kier molecular flexibility index (Phi) is 5.74. The summed E-state index contributed by atoms with van der Waals surface area (Å²) in [6, 6.07) is 4.25. The van der Waals surface area contributed by atoms with Crippen LogP contribution in [0.4, 0.5) is 4.39 Å². The zero-order valence-electron chi connectivity index (χ0n) is 10.7. The lowest BCUT2D eigenvalue weighted by atomic mass is 10.1. The minimum absolute atomic E-state index is 0.154. The molecule has 18 heavy (non-hydrogen) atoms. The highest BCUT2D eigenvalue weighted by atomic mass is 19.1. The Morgan fingerprint density at radius 1 is 1.33 bits per heavy atom. The number of rotatable bonds is 7. The third kappa shape index (κ3) is 5.25. The minimum atomic E-state index is -0.417. The van der Waals surface area contributed by atoms with E-state index in [1.165, 1.54) is 12.1 Å². The van der Waals surface area contributed by atoms with Gasteiger partial charge in [0.1, 0.15) is 11.7 Å². The van der Waals surface area contributed by atoms with Crippen LogP contribution in [0.1, 0.15) is 25.0 Å². The number of nitrogen functional groups attached to an aromatic ring is 1. The summed E-state index contributed by atoms with van der Waals surface area (Å²) >= 11 is 0. The first kappa shape index (κ1) is 14.6. The summed E-state index contributed by atoms with van der Waals surface area (Å²) in [6.45, 7) is 5.13. The molecule has 0 aromatic heterocycles. The molecule has 1 aromatic carbocycles. The smallest absolute Gasteiger partial charge is 0.124 e. The summed E-state index contributed by atoms with van der Waals surface area (Å²) in [7, 11) is 0. The normalized spacial score (nSPS) is 10.9. The topological polar surface area (TPSA) is 68.3 Å². The molecule has 0 spiro atoms. The molecule has 100 valence electrons. The number of hydrogen-bond donors (Lipinski definition) is 2. The lowest BCUT2D eigenvalue weighted by Gasteiger charge is -2.09. The highest BCUT2D eigenvalue weighted by Gasteiger charge is 2.03. The zero-order chi connectivity index (χ0) is 13.5. The molecular formula is C13H19FN2O2. The molecule has 1 rings (SSSR count). The molecule has 0 aliphatic carbocycles. The average Bonchev–Trinajstić information content (AvgIpc) is 2.27. The van der Waals surface area contributed by atoms with Crippen LogP contribution in [0.5, 0.6) is 0 Å². The fourth-order valence-corrected chi connectivity index (χ4v) is 1.42. The van der Waals surface area contributed by atoms with Crippen molar-refractivity contribution in [1.29, 1.82) is 5.41 Å². The molecule has 0 saturated carbocycles. The van der Waals surface area contributed by atoms with E-state index >= 15 is 0 Å². The maximum Gasteiger partial charge on any atom is 0.124 e. The van der Waals surface area contributed by atoms with Crippen LogP contribution in [0.25, 0.3) is 0 Å². The Morgan fingerprint density at radius 2 is 2.06 bits per heavy atom. The molecular weight excluding hydrogens is 235 g/mol. The summed E-state index contributed by atoms with van der Waals surface area (Å²) in [6.07, 6.45) is 0.173. The van der Waals surface area contributed by atoms with Gasteiger partial charge in [0.05, 0.1) is 25.9 Å². The summed E-state index contributed by atoms with van der Waals surface area (Å²) in [5.74, 6) is -0.571. The van der Waals surface area contributed by atoms with Gasteiger partial charge in [-0.3, -0.25) is 5.41 Å². The Labute approximate surface area is 106 Å². The van der Waals surface area contributed by atoms with Crippen molar-refractivity contribution in [3.8, 4) is 0 Å². The molecule has 0 unspecified atom stereocenters. The summed E-state index contributed by atoms with van der Waals surface area (Å²) in [4.78, 5) is 0. The van der Waals surface area contributed by atoms with E-state index < -0.39 is 5.82 Å². The van der Waals surface area contributed by atoms with Gasteiger partial charge in [-0.15, -0.1) is 0 Å². The Balaban J connectivity index is 2.44. The van der Waals surface area contributed by atoms with E-state index in [1.54, 1.807) is 6.07 Å². The number of hydrogen-bond acceptors (Lipinski definition) is 3. The molecule has 1 aromatic rings. The van der Waals surface area contributed by atoms with Gasteiger partial charge in [-0.25, -0.2) is 4.39 Å². The molecule has 0 bridgehead atoms. The third-order valence-electron chi connectivity index (χ3n) is 2.22. The molecule has 0 aliphatic heterocycles. The van der Waals surface area contributed by atoms with E-state index in [0.717, 1.165) is 0 Å². The van der Waals surface area contributed by atoms with E-state index in [1.807, 2.05) is 13.8 Å². The fraction of sp³-hybridized carbons (Fsp3) is 0.462. The van der Waals surface area contributed by atoms with Crippen LogP contribution >= 0.6 is 0 Å². The van der Waals surface area contributed by atoms with Crippen molar-refractivity contribution < 1.29 is 13.9 Å². The van der Waals surface area contributed by atoms with Gasteiger partial charge in [-0.2, -0.15) is 0 Å². The van der Waals surface area contributed by atoms with Gasteiger partial charge in [-0.05, 0) is 37.6 Å². The van der Waals surface area contributed by atoms with Crippen molar-refractivity contribution in [2.75, 3.05) is 13.2 Å². The second kappa shape index (κ2) is 7.08. The van der Waals surface area contributed by atoms with E-state index in [4.69, 9.17) is 20.6 Å². The van der Waals surface area contributed by atoms with Crippen LogP contribution in [-0.4, -0.2) is 25.2 Å². The molecule has 5 heteroatoms. The van der Waals surface area contributed by atoms with Gasteiger partial charge in [0.25, 0.3) is 0 Å². The second-order valence-electron chi connectivity index (χ2n) is 4.23. The Bertz CT molecular complexity index is 408. The molecule has 0 heterocycles. The predicted octanol–water partition coefficient (Wildman–Crippen LogP) is 2.05. The zero-order valence-corrected chi connectivity index (χ0v) is 10.7. The maximum absolute atomic E-state index is 13.2. The van der Waals surface area contributed by atoms with Gasteiger partial charge in [0.15, 0.2) is 0 Å². The maximum atomic E-state index is 13.2. The lowest BCUT2D eigenvalue weighted by molar-refractivity contribution is 0.0142. The van der Waals surface area contributed by atoms with Gasteiger partial charge >= 0.3 is 0 Å². The van der Waals surface area contributed by atoms with Crippen molar-refractivity contribution in [2.24, 2.45) is 5.73 Å². The van der Waals surface area contributed by atoms with Crippen LogP contribution in [-0.2, 0) is 16.1 Å². The van der Waals surface area contributed by atoms with Gasteiger partial charge in [-0.1, -0.05) is 0 Å². The van der Waals surface area contributed by atoms with Crippen molar-refractivity contribution in [2.45, 2.75) is 26.6 Å². The summed E-state index contributed by atoms with van der Waals surface area (Å²) in [5, 5.41) is 7.27. The fourth-order valence-electron chi connectivity index (χ4n) is 1.42. The van der Waals surface area contributed by atoms with Crippen molar-refractivity contribution in [3.63, 3.8) is 0 Å². The molecule has 0 radical (unpaired) electrons. The first-order valence-electron chi connectivity index (χ1n) is 5.82. The Hall–Kier alpha value is -1.46. The number of nitrogens with two attached hydrogens (primary N) is 1. The largest absolute Gasteiger partial charge is 0.384 e. The van der Waals surface area contributed by atoms with Gasteiger partial charge in [0, 0.05) is 5.56 Å². The molecule has 0 aliphatic rings. The third-order valence-corrected chi connectivity index (χ3v) is 2.22. The highest BCUT2D eigenvalue weighted by molar-refractivity contribution is 5.95. The monoisotopic (exact) mass is 254 g/mol. The van der Waals surface area contributed by atoms with E-state index in [9.17, 15) is 4.39 Å². The first-order chi connectivity index (χ1) is 8.49. The van der Waals surface area contributed by atoms with Crippen LogP contribution in [0.15, 0.2) is 18.2 Å². The first-order valence-corrected chi connectivity index (χ1v) is 5.82. The minimum Gasteiger partial charge on any atom is -0.384 e. The van der Waals surface area contributed by atoms with Crippen LogP contribution in [0.3, 0.4) is 0 Å². The SMILES string of the molecule is CC(C)OCCOCc1cc(F)cc(C(=N)N)c1. The lowest BCUT2D eigenvalue weighted by Crippen LogP contribution is -2.12. The summed E-state index contributed by atoms with van der Waals surface area (Å²) < 4.78 is 23.9. The highest BCUT2D eigenvalue weighted by Crippen LogP contribution is 2.10. The molecule has 4 nitrogen and oxygen atoms in total. The van der Waals surface area contributed by atoms with E-state index in [0.29, 0.717) is 24.3 Å². The van der Waals surface area contributed by atoms with Gasteiger partial charge in [0.2, 0.25) is 0 Å². The van der Waals surface area contributed by atoms with Crippen molar-refractivity contribution in [1.82, 2.24) is 0 Å². The molecule has 3 N–H and O–H groups in total. The van der Waals surface area contributed by atoms with Crippen molar-refractivity contribution >= 4 is 5.84 Å². The van der Waals surface area contributed by atoms with Crippen LogP contribution in [0.2, 0.25) is 0 Å². The van der Waals surface area contributed by atoms with Crippen molar-refractivity contribution in [3.05, 3.63) is 35.1 Å². The number of benzene rings is 1. The van der Waals surface area contributed by atoms with Crippen LogP contribution < -0.4 is 5.73 Å². The number of nitrogens with one attached hydrogen (secondary N) is 1. The number of amidine groups is 1. The molecule has 0 amide bonds. The number of halogens is 1. The Morgan fingerprint density at radius 3 is 2.67 bits per heavy atom. The van der Waals surface area contributed by atoms with Crippen LogP contribution in [0, 0.1) is 11.2 Å². The standard InChI is InChI=1S/C13H19FN2O2/c1-9(2)18-4-3-17-8-10-5-11(13(15)16)7-12(14)6-10/h5-7,9H,3-4,8H2,1-2H3,(H3,15,16). The molecule has 0 atom stereocenters. The van der Waals surface area contributed by atoms with Gasteiger partial charge < -0.3 is 15.2 Å². The van der Waals surface area contributed by atoms with E-state index in [2.05, 4.69) is 0 Å². The average molecular weight is 254 g/mol. The molecule has 0 fully saturated rings. The molecule has 0 saturated heterocycles. The number of ether oxygens (including phenoxy) is 2. The van der Waals surface area contributed by atoms with E-state index in [-0.39, 0.29) is 18.5 Å². The second-order valence-corrected chi connectivity index (χ2v) is 4.23.